The summed E-state index contributed by atoms with van der Waals surface area (Å²) in [5, 5.41) is 2.92. The van der Waals surface area contributed by atoms with E-state index in [0.29, 0.717) is 5.69 Å². The van der Waals surface area contributed by atoms with Gasteiger partial charge in [-0.3, -0.25) is 13.9 Å². The summed E-state index contributed by atoms with van der Waals surface area (Å²) in [4.78, 5) is 27.9. The van der Waals surface area contributed by atoms with Crippen LogP contribution in [0.1, 0.15) is 43.9 Å². The Hall–Kier alpha value is -2.39. The number of carbonyl (C=O) groups excluding carboxylic acids is 2. The Bertz CT molecular complexity index is 1140. The van der Waals surface area contributed by atoms with E-state index in [1.165, 1.54) is 4.90 Å². The lowest BCUT2D eigenvalue weighted by Crippen LogP contribution is -2.52. The molecular formula is C25H34BrN3O4S. The van der Waals surface area contributed by atoms with Gasteiger partial charge in [0.1, 0.15) is 12.6 Å². The molecule has 2 amide bonds. The van der Waals surface area contributed by atoms with Crippen LogP contribution in [0.5, 0.6) is 0 Å². The highest BCUT2D eigenvalue weighted by Gasteiger charge is 2.31. The largest absolute Gasteiger partial charge is 0.352 e. The van der Waals surface area contributed by atoms with Crippen molar-refractivity contribution in [3.05, 3.63) is 63.6 Å². The van der Waals surface area contributed by atoms with Crippen LogP contribution in [0, 0.1) is 13.8 Å². The molecule has 0 aliphatic rings. The van der Waals surface area contributed by atoms with Crippen molar-refractivity contribution < 1.29 is 18.0 Å². The summed E-state index contributed by atoms with van der Waals surface area (Å²) >= 11 is 3.44. The molecule has 0 saturated heterocycles. The molecule has 2 aromatic carbocycles. The zero-order valence-electron chi connectivity index (χ0n) is 20.6. The molecular weight excluding hydrogens is 518 g/mol. The molecule has 0 unspecified atom stereocenters. The molecule has 0 heterocycles. The number of hydrogen-bond acceptors (Lipinski definition) is 4. The first kappa shape index (κ1) is 27.9. The molecule has 0 aromatic heterocycles. The Kier molecular flexibility index (Phi) is 9.70. The van der Waals surface area contributed by atoms with E-state index in [9.17, 15) is 18.0 Å². The lowest BCUT2D eigenvalue weighted by molar-refractivity contribution is -0.139. The highest BCUT2D eigenvalue weighted by atomic mass is 79.9. The molecule has 2 atom stereocenters. The molecule has 186 valence electrons. The van der Waals surface area contributed by atoms with Crippen molar-refractivity contribution in [2.75, 3.05) is 17.1 Å². The molecule has 0 fully saturated rings. The summed E-state index contributed by atoms with van der Waals surface area (Å²) in [7, 11) is -3.75. The van der Waals surface area contributed by atoms with Gasteiger partial charge < -0.3 is 10.2 Å². The molecule has 0 radical (unpaired) electrons. The Morgan fingerprint density at radius 2 is 1.76 bits per heavy atom. The van der Waals surface area contributed by atoms with Crippen LogP contribution < -0.4 is 9.62 Å². The molecule has 0 aliphatic carbocycles. The SMILES string of the molecule is CC[C@H](C)NC(=O)[C@H](C)N(Cc1cccc(Br)c1)C(=O)CN(c1ccc(C)cc1C)S(C)(=O)=O. The first-order valence-corrected chi connectivity index (χ1v) is 13.9. The molecule has 2 aromatic rings. The zero-order chi connectivity index (χ0) is 25.6. The maximum Gasteiger partial charge on any atom is 0.244 e. The number of aryl methyl sites for hydroxylation is 2. The predicted octanol–water partition coefficient (Wildman–Crippen LogP) is 4.16. The number of amides is 2. The van der Waals surface area contributed by atoms with E-state index >= 15 is 0 Å². The number of carbonyl (C=O) groups is 2. The highest BCUT2D eigenvalue weighted by molar-refractivity contribution is 9.10. The molecule has 0 aliphatic heterocycles. The second kappa shape index (κ2) is 11.8. The Balaban J connectivity index is 2.42. The van der Waals surface area contributed by atoms with Gasteiger partial charge in [0.25, 0.3) is 0 Å². The summed E-state index contributed by atoms with van der Waals surface area (Å²) in [5.41, 5.74) is 3.01. The molecule has 9 heteroatoms. The van der Waals surface area contributed by atoms with Crippen LogP contribution in [0.4, 0.5) is 5.69 Å². The van der Waals surface area contributed by atoms with Gasteiger partial charge in [0.15, 0.2) is 0 Å². The number of halogens is 1. The van der Waals surface area contributed by atoms with Gasteiger partial charge in [-0.2, -0.15) is 0 Å². The Labute approximate surface area is 211 Å². The van der Waals surface area contributed by atoms with Gasteiger partial charge in [-0.25, -0.2) is 8.42 Å². The first-order chi connectivity index (χ1) is 15.8. The van der Waals surface area contributed by atoms with E-state index in [0.717, 1.165) is 38.1 Å². The van der Waals surface area contributed by atoms with Gasteiger partial charge in [-0.1, -0.05) is 52.7 Å². The number of benzene rings is 2. The van der Waals surface area contributed by atoms with Crippen molar-refractivity contribution in [2.24, 2.45) is 0 Å². The fourth-order valence-electron chi connectivity index (χ4n) is 3.56. The third-order valence-corrected chi connectivity index (χ3v) is 7.33. The summed E-state index contributed by atoms with van der Waals surface area (Å²) < 4.78 is 27.3. The average molecular weight is 553 g/mol. The molecule has 2 rings (SSSR count). The summed E-state index contributed by atoms with van der Waals surface area (Å²) in [6.07, 6.45) is 1.84. The van der Waals surface area contributed by atoms with E-state index in [-0.39, 0.29) is 18.5 Å². The monoisotopic (exact) mass is 551 g/mol. The topological polar surface area (TPSA) is 86.8 Å². The van der Waals surface area contributed by atoms with Crippen molar-refractivity contribution in [1.29, 1.82) is 0 Å². The van der Waals surface area contributed by atoms with Crippen LogP contribution in [-0.2, 0) is 26.2 Å². The Morgan fingerprint density at radius 1 is 1.09 bits per heavy atom. The van der Waals surface area contributed by atoms with Crippen LogP contribution >= 0.6 is 15.9 Å². The van der Waals surface area contributed by atoms with Gasteiger partial charge in [0.2, 0.25) is 21.8 Å². The maximum atomic E-state index is 13.6. The number of sulfonamides is 1. The van der Waals surface area contributed by atoms with E-state index in [1.807, 2.05) is 64.1 Å². The Morgan fingerprint density at radius 3 is 2.32 bits per heavy atom. The van der Waals surface area contributed by atoms with E-state index in [2.05, 4.69) is 21.2 Å². The fraction of sp³-hybridized carbons (Fsp3) is 0.440. The van der Waals surface area contributed by atoms with Crippen LogP contribution in [0.25, 0.3) is 0 Å². The third-order valence-electron chi connectivity index (χ3n) is 5.71. The number of nitrogens with one attached hydrogen (secondary N) is 1. The van der Waals surface area contributed by atoms with E-state index in [4.69, 9.17) is 0 Å². The van der Waals surface area contributed by atoms with E-state index < -0.39 is 28.5 Å². The second-order valence-electron chi connectivity index (χ2n) is 8.70. The van der Waals surface area contributed by atoms with Crippen LogP contribution in [-0.4, -0.2) is 50.0 Å². The quantitative estimate of drug-likeness (QED) is 0.480. The van der Waals surface area contributed by atoms with Crippen LogP contribution in [0.3, 0.4) is 0 Å². The van der Waals surface area contributed by atoms with Gasteiger partial charge in [0, 0.05) is 17.1 Å². The normalized spacial score (nSPS) is 13.1. The smallest absolute Gasteiger partial charge is 0.244 e. The van der Waals surface area contributed by atoms with Gasteiger partial charge in [-0.15, -0.1) is 0 Å². The molecule has 34 heavy (non-hydrogen) atoms. The molecule has 1 N–H and O–H groups in total. The maximum absolute atomic E-state index is 13.6. The van der Waals surface area contributed by atoms with Gasteiger partial charge in [-0.05, 0) is 63.4 Å². The fourth-order valence-corrected chi connectivity index (χ4v) is 4.91. The second-order valence-corrected chi connectivity index (χ2v) is 11.5. The summed E-state index contributed by atoms with van der Waals surface area (Å²) in [6.45, 7) is 9.02. The molecule has 7 nitrogen and oxygen atoms in total. The number of nitrogens with zero attached hydrogens (tertiary/aromatic N) is 2. The lowest BCUT2D eigenvalue weighted by atomic mass is 10.1. The first-order valence-electron chi connectivity index (χ1n) is 11.2. The van der Waals surface area contributed by atoms with Crippen molar-refractivity contribution in [2.45, 2.75) is 59.7 Å². The minimum absolute atomic E-state index is 0.0412. The molecule has 0 saturated carbocycles. The van der Waals surface area contributed by atoms with Crippen LogP contribution in [0.15, 0.2) is 46.9 Å². The van der Waals surface area contributed by atoms with Gasteiger partial charge in [0.05, 0.1) is 11.9 Å². The van der Waals surface area contributed by atoms with Gasteiger partial charge >= 0.3 is 0 Å². The lowest BCUT2D eigenvalue weighted by Gasteiger charge is -2.32. The minimum Gasteiger partial charge on any atom is -0.352 e. The zero-order valence-corrected chi connectivity index (χ0v) is 23.0. The van der Waals surface area contributed by atoms with E-state index in [1.54, 1.807) is 13.0 Å². The molecule has 0 spiro atoms. The number of anilines is 1. The highest BCUT2D eigenvalue weighted by Crippen LogP contribution is 2.24. The minimum atomic E-state index is -3.75. The van der Waals surface area contributed by atoms with Crippen LogP contribution in [0.2, 0.25) is 0 Å². The average Bonchev–Trinajstić information content (AvgIpc) is 2.74. The standard InChI is InChI=1S/C25H34BrN3O4S/c1-7-19(4)27-25(31)20(5)28(15-21-9-8-10-22(26)14-21)24(30)16-29(34(6,32)33)23-12-11-17(2)13-18(23)3/h8-14,19-20H,7,15-16H2,1-6H3,(H,27,31)/t19-,20-/m0/s1. The predicted molar refractivity (Wildman–Crippen MR) is 140 cm³/mol. The number of hydrogen-bond donors (Lipinski definition) is 1. The van der Waals surface area contributed by atoms with Crippen molar-refractivity contribution in [3.8, 4) is 0 Å². The van der Waals surface area contributed by atoms with Crippen molar-refractivity contribution in [3.63, 3.8) is 0 Å². The summed E-state index contributed by atoms with van der Waals surface area (Å²) in [6, 6.07) is 12.0. The third kappa shape index (κ3) is 7.56. The summed E-state index contributed by atoms with van der Waals surface area (Å²) in [5.74, 6) is -0.743. The van der Waals surface area contributed by atoms with Crippen molar-refractivity contribution >= 4 is 43.5 Å². The number of rotatable bonds is 10. The molecule has 0 bridgehead atoms. The van der Waals surface area contributed by atoms with Crippen molar-refractivity contribution in [1.82, 2.24) is 10.2 Å².